The van der Waals surface area contributed by atoms with Gasteiger partial charge in [-0.1, -0.05) is 85.7 Å². The number of likely N-dealkylation sites (tertiary alicyclic amines) is 1. The van der Waals surface area contributed by atoms with E-state index >= 15 is 0 Å². The molecule has 0 radical (unpaired) electrons. The highest BCUT2D eigenvalue weighted by molar-refractivity contribution is 6.01. The molecule has 0 saturated carbocycles. The molecule has 0 amide bonds. The molecule has 35 heavy (non-hydrogen) atoms. The molecule has 0 aromatic heterocycles. The van der Waals surface area contributed by atoms with Crippen LogP contribution >= 0.6 is 0 Å². The molecular weight excluding hydrogens is 432 g/mol. The Morgan fingerprint density at radius 3 is 2.06 bits per heavy atom. The number of hydrogen-bond acceptors (Lipinski definition) is 3. The molecule has 1 fully saturated rings. The largest absolute Gasteiger partial charge is 0.507 e. The molecule has 0 unspecified atom stereocenters. The van der Waals surface area contributed by atoms with Crippen LogP contribution in [-0.2, 0) is 17.3 Å². The summed E-state index contributed by atoms with van der Waals surface area (Å²) in [7, 11) is 0. The van der Waals surface area contributed by atoms with Crippen LogP contribution in [0.3, 0.4) is 0 Å². The number of phenolic OH excluding ortho intramolecular Hbond substituents is 1. The summed E-state index contributed by atoms with van der Waals surface area (Å²) in [6.07, 6.45) is 1.88. The predicted molar refractivity (Wildman–Crippen MR) is 146 cm³/mol. The van der Waals surface area contributed by atoms with Gasteiger partial charge < -0.3 is 10.0 Å². The third-order valence-corrected chi connectivity index (χ3v) is 7.17. The van der Waals surface area contributed by atoms with Crippen LogP contribution in [0.25, 0.3) is 0 Å². The zero-order valence-corrected chi connectivity index (χ0v) is 22.9. The van der Waals surface area contributed by atoms with Crippen molar-refractivity contribution in [3.63, 3.8) is 0 Å². The molecule has 0 bridgehead atoms. The molecular formula is C31H44N2O2. The van der Waals surface area contributed by atoms with E-state index in [2.05, 4.69) is 79.7 Å². The van der Waals surface area contributed by atoms with Gasteiger partial charge in [0.2, 0.25) is 0 Å². The minimum atomic E-state index is -0.288. The highest BCUT2D eigenvalue weighted by atomic mass is 16.3. The van der Waals surface area contributed by atoms with E-state index in [0.29, 0.717) is 23.2 Å². The summed E-state index contributed by atoms with van der Waals surface area (Å²) in [6, 6.07) is 14.1. The number of nitrogens with zero attached hydrogens (tertiary/aromatic N) is 1. The van der Waals surface area contributed by atoms with Crippen LogP contribution in [0, 0.1) is 23.2 Å². The van der Waals surface area contributed by atoms with Crippen molar-refractivity contribution >= 4 is 11.6 Å². The number of phenols is 1. The van der Waals surface area contributed by atoms with Crippen LogP contribution < -0.4 is 0 Å². The number of carbonyl (C=O) groups excluding carboxylic acids is 1. The first-order valence-corrected chi connectivity index (χ1v) is 13.0. The van der Waals surface area contributed by atoms with E-state index in [1.807, 2.05) is 23.1 Å². The van der Waals surface area contributed by atoms with Crippen molar-refractivity contribution in [1.29, 1.82) is 5.41 Å². The Morgan fingerprint density at radius 2 is 1.57 bits per heavy atom. The standard InChI is InChI=1S/C31H44N2O2/c1-20(2)14-23-18-33(29(32)24(23)15-21-12-10-9-11-13-21)19-27(34)22-16-25(30(3,4)5)28(35)26(17-22)31(6,7)8/h9-13,16-17,20,23-24,32,35H,14-15,18-19H2,1-8H3/t23-,24+/m0/s1. The Balaban J connectivity index is 1.89. The number of aromatic hydroxyl groups is 1. The van der Waals surface area contributed by atoms with Gasteiger partial charge in [-0.3, -0.25) is 10.2 Å². The van der Waals surface area contributed by atoms with Crippen LogP contribution in [0.1, 0.15) is 88.9 Å². The van der Waals surface area contributed by atoms with Crippen LogP contribution in [0.15, 0.2) is 42.5 Å². The lowest BCUT2D eigenvalue weighted by Crippen LogP contribution is -2.33. The summed E-state index contributed by atoms with van der Waals surface area (Å²) in [5.74, 6) is 1.92. The summed E-state index contributed by atoms with van der Waals surface area (Å²) >= 11 is 0. The van der Waals surface area contributed by atoms with Gasteiger partial charge in [0, 0.05) is 29.2 Å². The molecule has 0 spiro atoms. The average Bonchev–Trinajstić information content (AvgIpc) is 3.01. The number of rotatable bonds is 7. The fourth-order valence-electron chi connectivity index (χ4n) is 5.30. The van der Waals surface area contributed by atoms with Gasteiger partial charge in [-0.15, -0.1) is 0 Å². The Labute approximate surface area is 212 Å². The van der Waals surface area contributed by atoms with Crippen molar-refractivity contribution in [3.8, 4) is 5.75 Å². The lowest BCUT2D eigenvalue weighted by atomic mass is 9.78. The summed E-state index contributed by atoms with van der Waals surface area (Å²) in [5, 5.41) is 20.0. The first kappa shape index (κ1) is 27.0. The molecule has 1 saturated heterocycles. The molecule has 2 aromatic rings. The molecule has 1 aliphatic heterocycles. The fraction of sp³-hybridized carbons (Fsp3) is 0.548. The van der Waals surface area contributed by atoms with Crippen LogP contribution in [0.5, 0.6) is 5.75 Å². The van der Waals surface area contributed by atoms with Crippen molar-refractivity contribution in [3.05, 3.63) is 64.7 Å². The minimum Gasteiger partial charge on any atom is -0.507 e. The van der Waals surface area contributed by atoms with E-state index in [9.17, 15) is 9.90 Å². The maximum atomic E-state index is 13.6. The Hall–Kier alpha value is -2.62. The number of carbonyl (C=O) groups is 1. The monoisotopic (exact) mass is 476 g/mol. The predicted octanol–water partition coefficient (Wildman–Crippen LogP) is 6.98. The van der Waals surface area contributed by atoms with Gasteiger partial charge in [-0.05, 0) is 53.2 Å². The summed E-state index contributed by atoms with van der Waals surface area (Å²) in [6.45, 7) is 17.8. The summed E-state index contributed by atoms with van der Waals surface area (Å²) in [5.41, 5.74) is 2.88. The van der Waals surface area contributed by atoms with Crippen LogP contribution in [0.4, 0.5) is 0 Å². The summed E-state index contributed by atoms with van der Waals surface area (Å²) in [4.78, 5) is 15.6. The number of benzene rings is 2. The van der Waals surface area contributed by atoms with E-state index < -0.39 is 0 Å². The molecule has 4 heteroatoms. The SMILES string of the molecule is CC(C)C[C@H]1CN(CC(=O)c2cc(C(C)(C)C)c(O)c(C(C)(C)C)c2)C(=N)[C@@H]1Cc1ccccc1. The molecule has 2 atom stereocenters. The third-order valence-electron chi connectivity index (χ3n) is 7.17. The first-order chi connectivity index (χ1) is 16.2. The van der Waals surface area contributed by atoms with E-state index in [-0.39, 0.29) is 34.8 Å². The number of amidine groups is 1. The molecule has 3 rings (SSSR count). The van der Waals surface area contributed by atoms with Gasteiger partial charge in [0.1, 0.15) is 11.6 Å². The van der Waals surface area contributed by atoms with Gasteiger partial charge in [0.15, 0.2) is 5.78 Å². The molecule has 1 aliphatic rings. The van der Waals surface area contributed by atoms with Crippen molar-refractivity contribution in [2.24, 2.45) is 17.8 Å². The number of nitrogens with one attached hydrogen (secondary N) is 1. The molecule has 2 N–H and O–H groups in total. The van der Waals surface area contributed by atoms with Crippen molar-refractivity contribution < 1.29 is 9.90 Å². The highest BCUT2D eigenvalue weighted by Crippen LogP contribution is 2.40. The average molecular weight is 477 g/mol. The fourth-order valence-corrected chi connectivity index (χ4v) is 5.30. The maximum absolute atomic E-state index is 13.6. The highest BCUT2D eigenvalue weighted by Gasteiger charge is 2.38. The van der Waals surface area contributed by atoms with Crippen LogP contribution in [-0.4, -0.2) is 34.7 Å². The van der Waals surface area contributed by atoms with Gasteiger partial charge >= 0.3 is 0 Å². The third kappa shape index (κ3) is 6.34. The smallest absolute Gasteiger partial charge is 0.182 e. The Morgan fingerprint density at radius 1 is 1.03 bits per heavy atom. The molecule has 4 nitrogen and oxygen atoms in total. The lowest BCUT2D eigenvalue weighted by Gasteiger charge is -2.28. The number of ketones is 1. The lowest BCUT2D eigenvalue weighted by molar-refractivity contribution is 0.0962. The van der Waals surface area contributed by atoms with E-state index in [0.717, 1.165) is 30.5 Å². The van der Waals surface area contributed by atoms with Gasteiger partial charge in [-0.25, -0.2) is 0 Å². The van der Waals surface area contributed by atoms with Gasteiger partial charge in [-0.2, -0.15) is 0 Å². The second-order valence-electron chi connectivity index (χ2n) is 12.8. The zero-order valence-electron chi connectivity index (χ0n) is 22.9. The van der Waals surface area contributed by atoms with E-state index in [1.165, 1.54) is 5.56 Å². The zero-order chi connectivity index (χ0) is 26.1. The van der Waals surface area contributed by atoms with Gasteiger partial charge in [0.25, 0.3) is 0 Å². The second-order valence-corrected chi connectivity index (χ2v) is 12.8. The molecule has 190 valence electrons. The number of Topliss-reactive ketones (excluding diaryl/α,β-unsaturated/α-hetero) is 1. The normalized spacial score (nSPS) is 19.0. The number of hydrogen-bond donors (Lipinski definition) is 2. The first-order valence-electron chi connectivity index (χ1n) is 13.0. The van der Waals surface area contributed by atoms with Crippen molar-refractivity contribution in [2.45, 2.75) is 79.1 Å². The summed E-state index contributed by atoms with van der Waals surface area (Å²) < 4.78 is 0. The van der Waals surface area contributed by atoms with E-state index in [4.69, 9.17) is 5.41 Å². The molecule has 2 aromatic carbocycles. The Kier molecular flexibility index (Phi) is 7.83. The quantitative estimate of drug-likeness (QED) is 0.424. The van der Waals surface area contributed by atoms with Gasteiger partial charge in [0.05, 0.1) is 6.54 Å². The second kappa shape index (κ2) is 10.2. The van der Waals surface area contributed by atoms with Crippen molar-refractivity contribution in [1.82, 2.24) is 4.90 Å². The molecule has 0 aliphatic carbocycles. The van der Waals surface area contributed by atoms with E-state index in [1.54, 1.807) is 0 Å². The topological polar surface area (TPSA) is 64.4 Å². The minimum absolute atomic E-state index is 0.00871. The maximum Gasteiger partial charge on any atom is 0.182 e. The van der Waals surface area contributed by atoms with Crippen LogP contribution in [0.2, 0.25) is 0 Å². The Bertz CT molecular complexity index is 1020. The molecule has 1 heterocycles. The van der Waals surface area contributed by atoms with Crippen molar-refractivity contribution in [2.75, 3.05) is 13.1 Å².